The Hall–Kier alpha value is -1.31. The van der Waals surface area contributed by atoms with Gasteiger partial charge in [0.05, 0.1) is 5.52 Å². The summed E-state index contributed by atoms with van der Waals surface area (Å²) in [5, 5.41) is 0.713. The van der Waals surface area contributed by atoms with E-state index in [1.807, 2.05) is 19.2 Å². The molecule has 2 heteroatoms. The fraction of sp³-hybridized carbons (Fsp3) is 0.385. The Morgan fingerprint density at radius 3 is 2.40 bits per heavy atom. The van der Waals surface area contributed by atoms with Crippen molar-refractivity contribution >= 4 is 10.9 Å². The molecule has 0 aliphatic carbocycles. The topological polar surface area (TPSA) is 4.93 Å². The van der Waals surface area contributed by atoms with Gasteiger partial charge in [-0.05, 0) is 18.2 Å². The van der Waals surface area contributed by atoms with Gasteiger partial charge in [-0.3, -0.25) is 0 Å². The summed E-state index contributed by atoms with van der Waals surface area (Å²) in [5.41, 5.74) is 2.16. The highest BCUT2D eigenvalue weighted by Crippen LogP contribution is 2.29. The summed E-state index contributed by atoms with van der Waals surface area (Å²) < 4.78 is 15.6. The minimum Gasteiger partial charge on any atom is -0.347 e. The van der Waals surface area contributed by atoms with Crippen LogP contribution in [0, 0.1) is 5.82 Å². The van der Waals surface area contributed by atoms with E-state index in [2.05, 4.69) is 25.3 Å². The number of aromatic nitrogens is 1. The maximum Gasteiger partial charge on any atom is 0.132 e. The molecule has 0 spiro atoms. The van der Waals surface area contributed by atoms with Crippen molar-refractivity contribution in [3.05, 3.63) is 35.8 Å². The van der Waals surface area contributed by atoms with Gasteiger partial charge in [-0.2, -0.15) is 0 Å². The van der Waals surface area contributed by atoms with E-state index in [1.165, 1.54) is 6.07 Å². The minimum atomic E-state index is -0.140. The Bertz CT molecular complexity index is 503. The van der Waals surface area contributed by atoms with E-state index in [1.54, 1.807) is 6.07 Å². The van der Waals surface area contributed by atoms with Gasteiger partial charge < -0.3 is 4.57 Å². The first-order chi connectivity index (χ1) is 6.91. The second-order valence-corrected chi connectivity index (χ2v) is 5.01. The third kappa shape index (κ3) is 1.54. The quantitative estimate of drug-likeness (QED) is 0.619. The van der Waals surface area contributed by atoms with Crippen LogP contribution in [0.5, 0.6) is 0 Å². The van der Waals surface area contributed by atoms with Crippen molar-refractivity contribution in [1.29, 1.82) is 0 Å². The lowest BCUT2D eigenvalue weighted by Gasteiger charge is -2.19. The molecule has 80 valence electrons. The number of halogens is 1. The lowest BCUT2D eigenvalue weighted by molar-refractivity contribution is 0.547. The van der Waals surface area contributed by atoms with Crippen LogP contribution in [-0.4, -0.2) is 4.57 Å². The third-order valence-electron chi connectivity index (χ3n) is 2.80. The van der Waals surface area contributed by atoms with Crippen LogP contribution in [0.3, 0.4) is 0 Å². The van der Waals surface area contributed by atoms with Crippen LogP contribution >= 0.6 is 0 Å². The summed E-state index contributed by atoms with van der Waals surface area (Å²) in [6.45, 7) is 6.41. The first kappa shape index (κ1) is 10.2. The third-order valence-corrected chi connectivity index (χ3v) is 2.80. The van der Waals surface area contributed by atoms with Gasteiger partial charge in [0, 0.05) is 23.5 Å². The zero-order chi connectivity index (χ0) is 11.2. The molecule has 15 heavy (non-hydrogen) atoms. The highest BCUT2D eigenvalue weighted by atomic mass is 19.1. The summed E-state index contributed by atoms with van der Waals surface area (Å²) in [5.74, 6) is -0.140. The van der Waals surface area contributed by atoms with Crippen molar-refractivity contribution in [2.24, 2.45) is 7.05 Å². The molecule has 1 heterocycles. The predicted octanol–water partition coefficient (Wildman–Crippen LogP) is 3.61. The van der Waals surface area contributed by atoms with Gasteiger partial charge in [0.1, 0.15) is 5.82 Å². The maximum absolute atomic E-state index is 13.6. The van der Waals surface area contributed by atoms with Crippen molar-refractivity contribution in [2.45, 2.75) is 26.2 Å². The molecule has 0 fully saturated rings. The molecule has 0 bridgehead atoms. The summed E-state index contributed by atoms with van der Waals surface area (Å²) >= 11 is 0. The van der Waals surface area contributed by atoms with Crippen LogP contribution < -0.4 is 0 Å². The number of nitrogens with zero attached hydrogens (tertiary/aromatic N) is 1. The number of hydrogen-bond donors (Lipinski definition) is 0. The number of aryl methyl sites for hydroxylation is 1. The van der Waals surface area contributed by atoms with Gasteiger partial charge in [-0.15, -0.1) is 0 Å². The van der Waals surface area contributed by atoms with Crippen LogP contribution in [0.1, 0.15) is 26.5 Å². The Morgan fingerprint density at radius 1 is 1.20 bits per heavy atom. The summed E-state index contributed by atoms with van der Waals surface area (Å²) in [4.78, 5) is 0. The highest BCUT2D eigenvalue weighted by Gasteiger charge is 2.19. The van der Waals surface area contributed by atoms with Crippen molar-refractivity contribution < 1.29 is 4.39 Å². The van der Waals surface area contributed by atoms with E-state index in [9.17, 15) is 4.39 Å². The average molecular weight is 205 g/mol. The standard InChI is InChI=1S/C13H16FN/c1-13(2,3)12-8-9-10(14)6-5-7-11(9)15(12)4/h5-8H,1-4H3. The molecule has 1 aromatic heterocycles. The van der Waals surface area contributed by atoms with Gasteiger partial charge in [-0.25, -0.2) is 4.39 Å². The van der Waals surface area contributed by atoms with Gasteiger partial charge in [0.25, 0.3) is 0 Å². The van der Waals surface area contributed by atoms with E-state index in [4.69, 9.17) is 0 Å². The van der Waals surface area contributed by atoms with Gasteiger partial charge in [0.15, 0.2) is 0 Å². The Kier molecular flexibility index (Phi) is 2.10. The van der Waals surface area contributed by atoms with Crippen molar-refractivity contribution in [2.75, 3.05) is 0 Å². The molecule has 0 radical (unpaired) electrons. The van der Waals surface area contributed by atoms with Crippen molar-refractivity contribution in [3.63, 3.8) is 0 Å². The minimum absolute atomic E-state index is 0.0419. The van der Waals surface area contributed by atoms with Crippen molar-refractivity contribution in [3.8, 4) is 0 Å². The first-order valence-electron chi connectivity index (χ1n) is 5.15. The van der Waals surface area contributed by atoms with E-state index in [0.29, 0.717) is 5.39 Å². The molecule has 1 nitrogen and oxygen atoms in total. The molecule has 0 aliphatic heterocycles. The van der Waals surface area contributed by atoms with E-state index >= 15 is 0 Å². The van der Waals surface area contributed by atoms with Crippen LogP contribution in [0.15, 0.2) is 24.3 Å². The maximum atomic E-state index is 13.6. The fourth-order valence-corrected chi connectivity index (χ4v) is 2.04. The molecule has 1 aromatic carbocycles. The number of fused-ring (bicyclic) bond motifs is 1. The Balaban J connectivity index is 2.81. The SMILES string of the molecule is Cn1c(C(C)(C)C)cc2c(F)cccc21. The summed E-state index contributed by atoms with van der Waals surface area (Å²) in [6.07, 6.45) is 0. The monoisotopic (exact) mass is 205 g/mol. The molecule has 0 amide bonds. The normalized spacial score (nSPS) is 12.3. The smallest absolute Gasteiger partial charge is 0.132 e. The average Bonchev–Trinajstić information content (AvgIpc) is 2.45. The van der Waals surface area contributed by atoms with E-state index in [0.717, 1.165) is 11.2 Å². The molecular weight excluding hydrogens is 189 g/mol. The van der Waals surface area contributed by atoms with Gasteiger partial charge >= 0.3 is 0 Å². The van der Waals surface area contributed by atoms with E-state index < -0.39 is 0 Å². The summed E-state index contributed by atoms with van der Waals surface area (Å²) in [7, 11) is 1.99. The first-order valence-corrected chi connectivity index (χ1v) is 5.15. The lowest BCUT2D eigenvalue weighted by Crippen LogP contribution is -2.15. The van der Waals surface area contributed by atoms with Gasteiger partial charge in [-0.1, -0.05) is 26.8 Å². The second kappa shape index (κ2) is 3.09. The zero-order valence-corrected chi connectivity index (χ0v) is 9.63. The molecule has 2 aromatic rings. The van der Waals surface area contributed by atoms with Crippen LogP contribution in [0.25, 0.3) is 10.9 Å². The number of hydrogen-bond acceptors (Lipinski definition) is 0. The molecule has 0 saturated heterocycles. The van der Waals surface area contributed by atoms with E-state index in [-0.39, 0.29) is 11.2 Å². The zero-order valence-electron chi connectivity index (χ0n) is 9.63. The van der Waals surface area contributed by atoms with Crippen LogP contribution in [0.4, 0.5) is 4.39 Å². The molecule has 0 saturated carbocycles. The fourth-order valence-electron chi connectivity index (χ4n) is 2.04. The molecule has 0 atom stereocenters. The van der Waals surface area contributed by atoms with Crippen molar-refractivity contribution in [1.82, 2.24) is 4.57 Å². The molecule has 0 aliphatic rings. The number of rotatable bonds is 0. The Labute approximate surface area is 89.5 Å². The van der Waals surface area contributed by atoms with Gasteiger partial charge in [0.2, 0.25) is 0 Å². The summed E-state index contributed by atoms with van der Waals surface area (Å²) in [6, 6.07) is 7.16. The van der Waals surface area contributed by atoms with Crippen LogP contribution in [-0.2, 0) is 12.5 Å². The van der Waals surface area contributed by atoms with Crippen LogP contribution in [0.2, 0.25) is 0 Å². The second-order valence-electron chi connectivity index (χ2n) is 5.01. The molecule has 0 unspecified atom stereocenters. The molecular formula is C13H16FN. The number of benzene rings is 1. The highest BCUT2D eigenvalue weighted by molar-refractivity contribution is 5.82. The Morgan fingerprint density at radius 2 is 1.87 bits per heavy atom. The molecule has 0 N–H and O–H groups in total. The lowest BCUT2D eigenvalue weighted by atomic mass is 9.92. The largest absolute Gasteiger partial charge is 0.347 e. The predicted molar refractivity (Wildman–Crippen MR) is 61.6 cm³/mol. The molecule has 2 rings (SSSR count).